The number of carboxylic acids is 1. The van der Waals surface area contributed by atoms with Crippen molar-refractivity contribution in [2.75, 3.05) is 6.61 Å². The summed E-state index contributed by atoms with van der Waals surface area (Å²) in [6.45, 7) is 0.0602. The van der Waals surface area contributed by atoms with Gasteiger partial charge in [0, 0.05) is 4.47 Å². The standard InChI is InChI=1S/C15H13BrO4/c16-13-7-6-11(8-12(13)15(18)19)20-9-14(17)10-4-2-1-3-5-10/h1-8,14,17H,9H2,(H,18,19). The first-order valence-electron chi connectivity index (χ1n) is 5.96. The van der Waals surface area contributed by atoms with Crippen molar-refractivity contribution in [2.45, 2.75) is 6.10 Å². The van der Waals surface area contributed by atoms with Gasteiger partial charge in [0.2, 0.25) is 0 Å². The molecular weight excluding hydrogens is 324 g/mol. The summed E-state index contributed by atoms with van der Waals surface area (Å²) >= 11 is 3.16. The molecule has 0 amide bonds. The Labute approximate surface area is 124 Å². The van der Waals surface area contributed by atoms with Crippen molar-refractivity contribution in [3.8, 4) is 5.75 Å². The number of halogens is 1. The van der Waals surface area contributed by atoms with Crippen LogP contribution in [0.2, 0.25) is 0 Å². The lowest BCUT2D eigenvalue weighted by molar-refractivity contribution is 0.0695. The summed E-state index contributed by atoms with van der Waals surface area (Å²) in [7, 11) is 0. The molecule has 2 N–H and O–H groups in total. The van der Waals surface area contributed by atoms with Crippen LogP contribution < -0.4 is 4.74 Å². The van der Waals surface area contributed by atoms with Crippen LogP contribution in [-0.4, -0.2) is 22.8 Å². The minimum atomic E-state index is -1.04. The Kier molecular flexibility index (Phi) is 4.76. The maximum Gasteiger partial charge on any atom is 0.336 e. The number of aliphatic hydroxyl groups excluding tert-OH is 1. The SMILES string of the molecule is O=C(O)c1cc(OCC(O)c2ccccc2)ccc1Br. The van der Waals surface area contributed by atoms with Gasteiger partial charge in [0.05, 0.1) is 5.56 Å². The summed E-state index contributed by atoms with van der Waals surface area (Å²) in [5.41, 5.74) is 0.875. The Bertz CT molecular complexity index is 598. The Morgan fingerprint density at radius 2 is 1.90 bits per heavy atom. The lowest BCUT2D eigenvalue weighted by Crippen LogP contribution is -2.10. The van der Waals surface area contributed by atoms with Crippen molar-refractivity contribution in [2.24, 2.45) is 0 Å². The number of ether oxygens (including phenoxy) is 1. The quantitative estimate of drug-likeness (QED) is 0.879. The second kappa shape index (κ2) is 6.54. The molecule has 0 saturated heterocycles. The topological polar surface area (TPSA) is 66.8 Å². The molecule has 5 heteroatoms. The van der Waals surface area contributed by atoms with Crippen LogP contribution >= 0.6 is 15.9 Å². The third-order valence-electron chi connectivity index (χ3n) is 2.76. The number of carbonyl (C=O) groups is 1. The van der Waals surface area contributed by atoms with Gasteiger partial charge in [0.25, 0.3) is 0 Å². The Hall–Kier alpha value is -1.85. The predicted octanol–water partition coefficient (Wildman–Crippen LogP) is 3.26. The fourth-order valence-electron chi connectivity index (χ4n) is 1.70. The average Bonchev–Trinajstić information content (AvgIpc) is 2.46. The van der Waals surface area contributed by atoms with E-state index in [4.69, 9.17) is 9.84 Å². The second-order valence-electron chi connectivity index (χ2n) is 4.18. The molecule has 0 aliphatic carbocycles. The van der Waals surface area contributed by atoms with Crippen LogP contribution in [0.5, 0.6) is 5.75 Å². The van der Waals surface area contributed by atoms with Gasteiger partial charge in [-0.05, 0) is 39.7 Å². The largest absolute Gasteiger partial charge is 0.491 e. The van der Waals surface area contributed by atoms with Crippen LogP contribution in [0.1, 0.15) is 22.0 Å². The van der Waals surface area contributed by atoms with Crippen LogP contribution in [0.3, 0.4) is 0 Å². The molecule has 4 nitrogen and oxygen atoms in total. The molecule has 2 aromatic rings. The summed E-state index contributed by atoms with van der Waals surface area (Å²) in [6.07, 6.45) is -0.756. The summed E-state index contributed by atoms with van der Waals surface area (Å²) in [5.74, 6) is -0.633. The normalized spacial score (nSPS) is 11.9. The Morgan fingerprint density at radius 1 is 1.20 bits per heavy atom. The molecule has 0 aliphatic heterocycles. The van der Waals surface area contributed by atoms with Crippen LogP contribution in [0, 0.1) is 0 Å². The zero-order valence-corrected chi connectivity index (χ0v) is 12.1. The van der Waals surface area contributed by atoms with Crippen LogP contribution in [0.4, 0.5) is 0 Å². The fraction of sp³-hybridized carbons (Fsp3) is 0.133. The number of carboxylic acid groups (broad SMARTS) is 1. The van der Waals surface area contributed by atoms with Gasteiger partial charge in [-0.15, -0.1) is 0 Å². The van der Waals surface area contributed by atoms with Gasteiger partial charge in [-0.2, -0.15) is 0 Å². The van der Waals surface area contributed by atoms with E-state index in [0.29, 0.717) is 10.2 Å². The number of aliphatic hydroxyl groups is 1. The third-order valence-corrected chi connectivity index (χ3v) is 3.45. The van der Waals surface area contributed by atoms with Crippen LogP contribution in [-0.2, 0) is 0 Å². The molecule has 20 heavy (non-hydrogen) atoms. The molecule has 0 fully saturated rings. The van der Waals surface area contributed by atoms with Crippen LogP contribution in [0.25, 0.3) is 0 Å². The number of hydrogen-bond donors (Lipinski definition) is 2. The molecule has 2 aromatic carbocycles. The van der Waals surface area contributed by atoms with Gasteiger partial charge in [-0.25, -0.2) is 4.79 Å². The van der Waals surface area contributed by atoms with E-state index in [2.05, 4.69) is 15.9 Å². The summed E-state index contributed by atoms with van der Waals surface area (Å²) in [5, 5.41) is 19.0. The maximum absolute atomic E-state index is 11.0. The van der Waals surface area contributed by atoms with Crippen molar-refractivity contribution in [1.29, 1.82) is 0 Å². The molecule has 1 atom stereocenters. The Balaban J connectivity index is 2.04. The van der Waals surface area contributed by atoms with Gasteiger partial charge in [0.1, 0.15) is 18.5 Å². The molecule has 0 radical (unpaired) electrons. The van der Waals surface area contributed by atoms with Gasteiger partial charge in [0.15, 0.2) is 0 Å². The highest BCUT2D eigenvalue weighted by molar-refractivity contribution is 9.10. The van der Waals surface area contributed by atoms with E-state index in [0.717, 1.165) is 5.56 Å². The van der Waals surface area contributed by atoms with E-state index in [9.17, 15) is 9.90 Å². The third kappa shape index (κ3) is 3.59. The molecule has 0 spiro atoms. The molecule has 0 aliphatic rings. The minimum absolute atomic E-state index is 0.0602. The van der Waals surface area contributed by atoms with Crippen molar-refractivity contribution >= 4 is 21.9 Å². The summed E-state index contributed by atoms with van der Waals surface area (Å²) < 4.78 is 5.92. The molecule has 1 unspecified atom stereocenters. The van der Waals surface area contributed by atoms with Crippen molar-refractivity contribution in [3.63, 3.8) is 0 Å². The van der Waals surface area contributed by atoms with E-state index in [1.165, 1.54) is 6.07 Å². The average molecular weight is 337 g/mol. The van der Waals surface area contributed by atoms with E-state index >= 15 is 0 Å². The highest BCUT2D eigenvalue weighted by atomic mass is 79.9. The van der Waals surface area contributed by atoms with E-state index in [1.54, 1.807) is 24.3 Å². The van der Waals surface area contributed by atoms with E-state index in [-0.39, 0.29) is 12.2 Å². The van der Waals surface area contributed by atoms with Gasteiger partial charge < -0.3 is 14.9 Å². The van der Waals surface area contributed by atoms with Gasteiger partial charge in [-0.3, -0.25) is 0 Å². The van der Waals surface area contributed by atoms with E-state index < -0.39 is 12.1 Å². The van der Waals surface area contributed by atoms with Crippen LogP contribution in [0.15, 0.2) is 53.0 Å². The monoisotopic (exact) mass is 336 g/mol. The molecular formula is C15H13BrO4. The number of aromatic carboxylic acids is 1. The first-order valence-corrected chi connectivity index (χ1v) is 6.76. The fourth-order valence-corrected chi connectivity index (χ4v) is 2.12. The molecule has 0 aromatic heterocycles. The van der Waals surface area contributed by atoms with Crippen molar-refractivity contribution in [1.82, 2.24) is 0 Å². The number of rotatable bonds is 5. The van der Waals surface area contributed by atoms with E-state index in [1.807, 2.05) is 18.2 Å². The Morgan fingerprint density at radius 3 is 2.55 bits per heavy atom. The number of benzene rings is 2. The molecule has 2 rings (SSSR count). The maximum atomic E-state index is 11.0. The highest BCUT2D eigenvalue weighted by Gasteiger charge is 2.11. The highest BCUT2D eigenvalue weighted by Crippen LogP contribution is 2.23. The summed E-state index contributed by atoms with van der Waals surface area (Å²) in [4.78, 5) is 11.0. The van der Waals surface area contributed by atoms with Gasteiger partial charge in [-0.1, -0.05) is 30.3 Å². The zero-order valence-electron chi connectivity index (χ0n) is 10.5. The predicted molar refractivity (Wildman–Crippen MR) is 78.0 cm³/mol. The summed E-state index contributed by atoms with van der Waals surface area (Å²) in [6, 6.07) is 13.8. The van der Waals surface area contributed by atoms with Gasteiger partial charge >= 0.3 is 5.97 Å². The number of hydrogen-bond acceptors (Lipinski definition) is 3. The first-order chi connectivity index (χ1) is 9.58. The lowest BCUT2D eigenvalue weighted by Gasteiger charge is -2.13. The van der Waals surface area contributed by atoms with Crippen molar-refractivity contribution < 1.29 is 19.7 Å². The van der Waals surface area contributed by atoms with Crippen molar-refractivity contribution in [3.05, 3.63) is 64.1 Å². The minimum Gasteiger partial charge on any atom is -0.491 e. The lowest BCUT2D eigenvalue weighted by atomic mass is 10.1. The molecule has 0 saturated carbocycles. The smallest absolute Gasteiger partial charge is 0.336 e. The molecule has 104 valence electrons. The first kappa shape index (κ1) is 14.6. The zero-order chi connectivity index (χ0) is 14.5. The second-order valence-corrected chi connectivity index (χ2v) is 5.04. The molecule has 0 bridgehead atoms. The molecule has 0 heterocycles.